The molecule has 0 aliphatic carbocycles. The Morgan fingerprint density at radius 1 is 1.05 bits per heavy atom. The fourth-order valence-corrected chi connectivity index (χ4v) is 4.77. The third-order valence-electron chi connectivity index (χ3n) is 6.04. The van der Waals surface area contributed by atoms with Crippen LogP contribution in [0.3, 0.4) is 0 Å². The van der Waals surface area contributed by atoms with Gasteiger partial charge in [0, 0.05) is 17.8 Å². The predicted molar refractivity (Wildman–Crippen MR) is 144 cm³/mol. The van der Waals surface area contributed by atoms with Gasteiger partial charge in [-0.15, -0.1) is 11.3 Å². The van der Waals surface area contributed by atoms with Crippen LogP contribution in [0.5, 0.6) is 0 Å². The zero-order chi connectivity index (χ0) is 27.4. The second kappa shape index (κ2) is 10.8. The molecule has 39 heavy (non-hydrogen) atoms. The van der Waals surface area contributed by atoms with E-state index in [1.165, 1.54) is 17.4 Å². The number of nitrogens with one attached hydrogen (secondary N) is 2. The highest BCUT2D eigenvalue weighted by atomic mass is 32.1. The van der Waals surface area contributed by atoms with E-state index >= 15 is 0 Å². The van der Waals surface area contributed by atoms with Crippen LogP contribution in [0.1, 0.15) is 18.1 Å². The van der Waals surface area contributed by atoms with E-state index < -0.39 is 36.0 Å². The van der Waals surface area contributed by atoms with E-state index in [9.17, 15) is 19.2 Å². The Bertz CT molecular complexity index is 1550. The van der Waals surface area contributed by atoms with Crippen LogP contribution in [-0.4, -0.2) is 45.2 Å². The maximum absolute atomic E-state index is 12.9. The minimum absolute atomic E-state index is 0.564. The lowest BCUT2D eigenvalue weighted by atomic mass is 9.92. The van der Waals surface area contributed by atoms with Crippen molar-refractivity contribution in [3.8, 4) is 16.3 Å². The second-order valence-electron chi connectivity index (χ2n) is 8.73. The Morgan fingerprint density at radius 2 is 1.77 bits per heavy atom. The van der Waals surface area contributed by atoms with Gasteiger partial charge in [-0.1, -0.05) is 54.6 Å². The third-order valence-corrected chi connectivity index (χ3v) is 6.92. The molecule has 2 N–H and O–H groups in total. The van der Waals surface area contributed by atoms with Gasteiger partial charge in [0.25, 0.3) is 11.8 Å². The first kappa shape index (κ1) is 25.6. The number of carbonyl (C=O) groups excluding carboxylic acids is 4. The molecule has 4 amide bonds. The van der Waals surface area contributed by atoms with Crippen LogP contribution >= 0.6 is 11.3 Å². The molecular formula is C28H23N5O5S. The van der Waals surface area contributed by atoms with Crippen LogP contribution < -0.4 is 10.7 Å². The van der Waals surface area contributed by atoms with Gasteiger partial charge >= 0.3 is 12.0 Å². The van der Waals surface area contributed by atoms with Crippen molar-refractivity contribution in [1.82, 2.24) is 25.5 Å². The molecule has 196 valence electrons. The molecule has 0 bridgehead atoms. The molecule has 0 unspecified atom stereocenters. The molecule has 1 saturated heterocycles. The Morgan fingerprint density at radius 3 is 2.46 bits per heavy atom. The number of esters is 1. The van der Waals surface area contributed by atoms with Crippen LogP contribution in [0, 0.1) is 0 Å². The summed E-state index contributed by atoms with van der Waals surface area (Å²) in [5.74, 6) is -2.27. The number of hydrazine groups is 1. The molecule has 4 aromatic rings. The first-order valence-electron chi connectivity index (χ1n) is 11.9. The van der Waals surface area contributed by atoms with Crippen molar-refractivity contribution in [3.05, 3.63) is 102 Å². The lowest BCUT2D eigenvalue weighted by molar-refractivity contribution is -0.147. The van der Waals surface area contributed by atoms with Crippen LogP contribution in [0.15, 0.2) is 90.4 Å². The lowest BCUT2D eigenvalue weighted by Crippen LogP contribution is -2.49. The van der Waals surface area contributed by atoms with Gasteiger partial charge in [0.1, 0.15) is 11.2 Å². The van der Waals surface area contributed by atoms with Crippen molar-refractivity contribution in [3.63, 3.8) is 0 Å². The molecule has 10 nitrogen and oxygen atoms in total. The average Bonchev–Trinajstić information content (AvgIpc) is 3.68. The van der Waals surface area contributed by atoms with E-state index in [0.29, 0.717) is 21.8 Å². The maximum Gasteiger partial charge on any atom is 0.344 e. The van der Waals surface area contributed by atoms with E-state index in [4.69, 9.17) is 4.74 Å². The number of amides is 4. The van der Waals surface area contributed by atoms with Crippen LogP contribution in [0.25, 0.3) is 22.3 Å². The normalized spacial score (nSPS) is 16.9. The molecule has 1 atom stereocenters. The summed E-state index contributed by atoms with van der Waals surface area (Å²) in [6.07, 6.45) is 4.55. The first-order chi connectivity index (χ1) is 18.8. The number of hydrogen-bond acceptors (Lipinski definition) is 7. The van der Waals surface area contributed by atoms with Crippen molar-refractivity contribution in [2.45, 2.75) is 12.5 Å². The largest absolute Gasteiger partial charge is 0.452 e. The molecule has 3 heterocycles. The van der Waals surface area contributed by atoms with Gasteiger partial charge in [-0.2, -0.15) is 10.1 Å². The van der Waals surface area contributed by atoms with Crippen LogP contribution in [0.4, 0.5) is 4.79 Å². The van der Waals surface area contributed by atoms with Crippen LogP contribution in [-0.2, 0) is 24.7 Å². The van der Waals surface area contributed by atoms with E-state index in [2.05, 4.69) is 15.8 Å². The Labute approximate surface area is 227 Å². The number of aromatic nitrogens is 2. The van der Waals surface area contributed by atoms with E-state index in [-0.39, 0.29) is 0 Å². The van der Waals surface area contributed by atoms with Gasteiger partial charge in [-0.3, -0.25) is 15.0 Å². The molecule has 2 aromatic heterocycles. The van der Waals surface area contributed by atoms with Crippen LogP contribution in [0.2, 0.25) is 0 Å². The minimum Gasteiger partial charge on any atom is -0.452 e. The fourth-order valence-electron chi connectivity index (χ4n) is 4.03. The van der Waals surface area contributed by atoms with Gasteiger partial charge in [-0.05, 0) is 42.1 Å². The molecule has 0 saturated carbocycles. The Hall–Kier alpha value is -5.03. The van der Waals surface area contributed by atoms with Crippen molar-refractivity contribution in [2.75, 3.05) is 6.61 Å². The predicted octanol–water partition coefficient (Wildman–Crippen LogP) is 3.66. The van der Waals surface area contributed by atoms with E-state index in [0.717, 1.165) is 10.6 Å². The molecule has 5 rings (SSSR count). The number of para-hydroxylation sites is 1. The smallest absolute Gasteiger partial charge is 0.344 e. The average molecular weight is 542 g/mol. The highest BCUT2D eigenvalue weighted by Crippen LogP contribution is 2.29. The number of carbonyl (C=O) groups is 4. The van der Waals surface area contributed by atoms with Gasteiger partial charge in [0.15, 0.2) is 6.61 Å². The van der Waals surface area contributed by atoms with Crippen molar-refractivity contribution >= 4 is 41.2 Å². The van der Waals surface area contributed by atoms with Crippen molar-refractivity contribution in [2.24, 2.45) is 0 Å². The first-order valence-corrected chi connectivity index (χ1v) is 12.8. The minimum atomic E-state index is -1.34. The van der Waals surface area contributed by atoms with Gasteiger partial charge in [0.2, 0.25) is 0 Å². The highest BCUT2D eigenvalue weighted by Gasteiger charge is 2.50. The zero-order valence-corrected chi connectivity index (χ0v) is 21.6. The number of benzene rings is 2. The molecule has 0 radical (unpaired) electrons. The summed E-state index contributed by atoms with van der Waals surface area (Å²) in [4.78, 5) is 51.0. The Balaban J connectivity index is 1.22. The molecule has 1 aliphatic rings. The number of ether oxygens (including phenoxy) is 1. The summed E-state index contributed by atoms with van der Waals surface area (Å²) >= 11 is 1.52. The van der Waals surface area contributed by atoms with Crippen molar-refractivity contribution in [1.29, 1.82) is 0 Å². The molecular weight excluding hydrogens is 518 g/mol. The monoisotopic (exact) mass is 541 g/mol. The number of thiophene rings is 1. The Kier molecular flexibility index (Phi) is 7.06. The van der Waals surface area contributed by atoms with Gasteiger partial charge < -0.3 is 10.1 Å². The zero-order valence-electron chi connectivity index (χ0n) is 20.7. The lowest BCUT2D eigenvalue weighted by Gasteiger charge is -2.22. The number of urea groups is 1. The number of imide groups is 1. The quantitative estimate of drug-likeness (QED) is 0.199. The van der Waals surface area contributed by atoms with Crippen molar-refractivity contribution < 1.29 is 23.9 Å². The van der Waals surface area contributed by atoms with E-state index in [1.54, 1.807) is 54.2 Å². The number of nitrogens with zero attached hydrogens (tertiary/aromatic N) is 3. The fraction of sp³-hybridized carbons (Fsp3) is 0.107. The summed E-state index contributed by atoms with van der Waals surface area (Å²) in [7, 11) is 0. The van der Waals surface area contributed by atoms with Gasteiger partial charge in [-0.25, -0.2) is 14.3 Å². The van der Waals surface area contributed by atoms with Gasteiger partial charge in [0.05, 0.1) is 10.6 Å². The molecule has 1 aliphatic heterocycles. The SMILES string of the molecule is C[C@@]1(c2ccccc2)NC(=O)N(NC(=O)COC(=O)/C=C/c2cn(-c3ccccc3)nc2-c2cccs2)C1=O. The number of rotatable bonds is 8. The third kappa shape index (κ3) is 5.34. The molecule has 2 aromatic carbocycles. The molecule has 1 fully saturated rings. The standard InChI is InChI=1S/C28H23N5O5S/c1-28(20-9-4-2-5-10-20)26(36)33(27(37)29-28)30-23(34)18-38-24(35)15-14-19-17-32(21-11-6-3-7-12-21)31-25(19)22-13-8-16-39-22/h2-17H,18H2,1H3,(H,29,37)(H,30,34)/b15-14+/t28-/m0/s1. The number of hydrogen-bond donors (Lipinski definition) is 2. The topological polar surface area (TPSA) is 123 Å². The molecule has 0 spiro atoms. The summed E-state index contributed by atoms with van der Waals surface area (Å²) < 4.78 is 6.75. The maximum atomic E-state index is 12.9. The summed E-state index contributed by atoms with van der Waals surface area (Å²) in [5.41, 5.74) is 3.66. The molecule has 11 heteroatoms. The summed E-state index contributed by atoms with van der Waals surface area (Å²) in [5, 5.41) is 9.77. The summed E-state index contributed by atoms with van der Waals surface area (Å²) in [6, 6.07) is 21.3. The van der Waals surface area contributed by atoms with E-state index in [1.807, 2.05) is 47.8 Å². The summed E-state index contributed by atoms with van der Waals surface area (Å²) in [6.45, 7) is 0.854. The second-order valence-corrected chi connectivity index (χ2v) is 9.68. The highest BCUT2D eigenvalue weighted by molar-refractivity contribution is 7.13.